The molecule has 138 valence electrons. The maximum atomic E-state index is 11.7. The van der Waals surface area contributed by atoms with Gasteiger partial charge in [0.05, 0.1) is 7.11 Å². The van der Waals surface area contributed by atoms with Crippen molar-refractivity contribution in [1.82, 2.24) is 10.9 Å². The van der Waals surface area contributed by atoms with Gasteiger partial charge in [-0.25, -0.2) is 0 Å². The van der Waals surface area contributed by atoms with Crippen LogP contribution in [0.3, 0.4) is 0 Å². The molecule has 0 unspecified atom stereocenters. The molecule has 2 N–H and O–H groups in total. The fourth-order valence-corrected chi connectivity index (χ4v) is 2.24. The number of para-hydroxylation sites is 2. The number of rotatable bonds is 7. The van der Waals surface area contributed by atoms with E-state index in [-0.39, 0.29) is 13.2 Å². The highest BCUT2D eigenvalue weighted by molar-refractivity contribution is 6.30. The zero-order chi connectivity index (χ0) is 18.9. The smallest absolute Gasteiger partial charge is 0.276 e. The average Bonchev–Trinajstić information content (AvgIpc) is 2.64. The normalized spacial score (nSPS) is 9.96. The van der Waals surface area contributed by atoms with E-state index < -0.39 is 11.8 Å². The Balaban J connectivity index is 1.72. The van der Waals surface area contributed by atoms with Crippen molar-refractivity contribution in [1.29, 1.82) is 0 Å². The van der Waals surface area contributed by atoms with Gasteiger partial charge in [0.1, 0.15) is 5.75 Å². The van der Waals surface area contributed by atoms with Gasteiger partial charge in [-0.05, 0) is 42.8 Å². The summed E-state index contributed by atoms with van der Waals surface area (Å²) in [5, 5.41) is 0.585. The van der Waals surface area contributed by atoms with Gasteiger partial charge in [-0.2, -0.15) is 0 Å². The van der Waals surface area contributed by atoms with Crippen LogP contribution in [0.25, 0.3) is 0 Å². The highest BCUT2D eigenvalue weighted by atomic mass is 35.5. The van der Waals surface area contributed by atoms with Gasteiger partial charge in [0.2, 0.25) is 0 Å². The monoisotopic (exact) mass is 378 g/mol. The molecule has 0 aliphatic carbocycles. The average molecular weight is 379 g/mol. The zero-order valence-corrected chi connectivity index (χ0v) is 15.1. The van der Waals surface area contributed by atoms with Gasteiger partial charge in [0, 0.05) is 5.02 Å². The third-order valence-corrected chi connectivity index (χ3v) is 3.50. The van der Waals surface area contributed by atoms with E-state index in [1.54, 1.807) is 42.5 Å². The van der Waals surface area contributed by atoms with Crippen molar-refractivity contribution in [3.8, 4) is 17.2 Å². The summed E-state index contributed by atoms with van der Waals surface area (Å²) in [6.45, 7) is 1.28. The number of carbonyl (C=O) groups excluding carboxylic acids is 2. The molecule has 0 aromatic heterocycles. The molecule has 2 aromatic carbocycles. The van der Waals surface area contributed by atoms with Crippen LogP contribution in [0.2, 0.25) is 5.02 Å². The van der Waals surface area contributed by atoms with Crippen molar-refractivity contribution in [2.24, 2.45) is 0 Å². The topological polar surface area (TPSA) is 85.9 Å². The Hall–Kier alpha value is -2.93. The lowest BCUT2D eigenvalue weighted by Crippen LogP contribution is -2.45. The Kier molecular flexibility index (Phi) is 7.11. The number of amides is 2. The number of halogens is 1. The second-order valence-electron chi connectivity index (χ2n) is 5.23. The van der Waals surface area contributed by atoms with Crippen LogP contribution in [-0.4, -0.2) is 32.1 Å². The number of hydrazine groups is 1. The second-order valence-corrected chi connectivity index (χ2v) is 5.67. The SMILES string of the molecule is COc1ccccc1OCC(=O)NNC(=O)COc1ccc(Cl)cc1C. The van der Waals surface area contributed by atoms with Crippen molar-refractivity contribution in [3.05, 3.63) is 53.1 Å². The molecule has 26 heavy (non-hydrogen) atoms. The second kappa shape index (κ2) is 9.53. The Morgan fingerprint density at radius 3 is 2.08 bits per heavy atom. The molecule has 0 bridgehead atoms. The molecule has 0 fully saturated rings. The fraction of sp³-hybridized carbons (Fsp3) is 0.222. The van der Waals surface area contributed by atoms with E-state index in [1.165, 1.54) is 7.11 Å². The number of ether oxygens (including phenoxy) is 3. The van der Waals surface area contributed by atoms with E-state index in [0.29, 0.717) is 22.3 Å². The Morgan fingerprint density at radius 2 is 1.50 bits per heavy atom. The van der Waals surface area contributed by atoms with Crippen LogP contribution < -0.4 is 25.1 Å². The predicted molar refractivity (Wildman–Crippen MR) is 96.5 cm³/mol. The standard InChI is InChI=1S/C18H19ClN2O5/c1-12-9-13(19)7-8-14(12)25-10-17(22)20-21-18(23)11-26-16-6-4-3-5-15(16)24-2/h3-9H,10-11H2,1-2H3,(H,20,22)(H,21,23). The highest BCUT2D eigenvalue weighted by Crippen LogP contribution is 2.25. The Morgan fingerprint density at radius 1 is 0.923 bits per heavy atom. The Labute approximate surface area is 156 Å². The summed E-state index contributed by atoms with van der Waals surface area (Å²) < 4.78 is 15.8. The summed E-state index contributed by atoms with van der Waals surface area (Å²) in [6, 6.07) is 12.0. The van der Waals surface area contributed by atoms with Crippen LogP contribution in [0.4, 0.5) is 0 Å². The largest absolute Gasteiger partial charge is 0.493 e. The number of hydrogen-bond acceptors (Lipinski definition) is 5. The van der Waals surface area contributed by atoms with Gasteiger partial charge in [-0.1, -0.05) is 23.7 Å². The molecule has 2 amide bonds. The summed E-state index contributed by atoms with van der Waals surface area (Å²) in [7, 11) is 1.50. The summed E-state index contributed by atoms with van der Waals surface area (Å²) in [6.07, 6.45) is 0. The molecular weight excluding hydrogens is 360 g/mol. The van der Waals surface area contributed by atoms with E-state index in [9.17, 15) is 9.59 Å². The van der Waals surface area contributed by atoms with Crippen LogP contribution in [0.1, 0.15) is 5.56 Å². The molecule has 0 radical (unpaired) electrons. The fourth-order valence-electron chi connectivity index (χ4n) is 2.01. The quantitative estimate of drug-likeness (QED) is 0.722. The molecule has 0 heterocycles. The van der Waals surface area contributed by atoms with Gasteiger partial charge < -0.3 is 14.2 Å². The van der Waals surface area contributed by atoms with Crippen LogP contribution in [0, 0.1) is 6.92 Å². The molecule has 0 aliphatic rings. The van der Waals surface area contributed by atoms with Crippen molar-refractivity contribution in [2.75, 3.05) is 20.3 Å². The maximum Gasteiger partial charge on any atom is 0.276 e. The molecule has 0 aliphatic heterocycles. The summed E-state index contributed by atoms with van der Waals surface area (Å²) in [4.78, 5) is 23.5. The third kappa shape index (κ3) is 5.86. The zero-order valence-electron chi connectivity index (χ0n) is 14.4. The molecule has 2 rings (SSSR count). The van der Waals surface area contributed by atoms with Gasteiger partial charge in [0.15, 0.2) is 24.7 Å². The summed E-state index contributed by atoms with van der Waals surface area (Å²) in [5.41, 5.74) is 5.30. The minimum atomic E-state index is -0.521. The number of nitrogens with one attached hydrogen (secondary N) is 2. The lowest BCUT2D eigenvalue weighted by Gasteiger charge is -2.12. The molecule has 0 saturated heterocycles. The molecule has 0 saturated carbocycles. The predicted octanol–water partition coefficient (Wildman–Crippen LogP) is 2.26. The minimum absolute atomic E-state index is 0.254. The number of hydrogen-bond donors (Lipinski definition) is 2. The minimum Gasteiger partial charge on any atom is -0.493 e. The van der Waals surface area contributed by atoms with Crippen molar-refractivity contribution in [3.63, 3.8) is 0 Å². The molecule has 0 atom stereocenters. The van der Waals surface area contributed by atoms with Crippen LogP contribution in [0.15, 0.2) is 42.5 Å². The van der Waals surface area contributed by atoms with E-state index in [2.05, 4.69) is 10.9 Å². The van der Waals surface area contributed by atoms with Crippen LogP contribution in [-0.2, 0) is 9.59 Å². The first-order chi connectivity index (χ1) is 12.5. The number of methoxy groups -OCH3 is 1. The first-order valence-electron chi connectivity index (χ1n) is 7.72. The first kappa shape index (κ1) is 19.4. The molecule has 8 heteroatoms. The van der Waals surface area contributed by atoms with Gasteiger partial charge in [0.25, 0.3) is 11.8 Å². The maximum absolute atomic E-state index is 11.7. The summed E-state index contributed by atoms with van der Waals surface area (Å²) in [5.74, 6) is 0.446. The van der Waals surface area contributed by atoms with E-state index in [1.807, 2.05) is 6.92 Å². The molecular formula is C18H19ClN2O5. The first-order valence-corrected chi connectivity index (χ1v) is 8.10. The van der Waals surface area contributed by atoms with E-state index in [0.717, 1.165) is 5.56 Å². The van der Waals surface area contributed by atoms with Gasteiger partial charge in [-0.15, -0.1) is 0 Å². The molecule has 0 spiro atoms. The lowest BCUT2D eigenvalue weighted by molar-refractivity contribution is -0.131. The van der Waals surface area contributed by atoms with Crippen molar-refractivity contribution in [2.45, 2.75) is 6.92 Å². The Bertz CT molecular complexity index is 782. The van der Waals surface area contributed by atoms with E-state index >= 15 is 0 Å². The molecule has 2 aromatic rings. The lowest BCUT2D eigenvalue weighted by atomic mass is 10.2. The highest BCUT2D eigenvalue weighted by Gasteiger charge is 2.09. The van der Waals surface area contributed by atoms with Gasteiger partial charge in [-0.3, -0.25) is 20.4 Å². The van der Waals surface area contributed by atoms with E-state index in [4.69, 9.17) is 25.8 Å². The third-order valence-electron chi connectivity index (χ3n) is 3.26. The number of benzene rings is 2. The molecule has 7 nitrogen and oxygen atoms in total. The number of aryl methyl sites for hydroxylation is 1. The van der Waals surface area contributed by atoms with Gasteiger partial charge >= 0.3 is 0 Å². The summed E-state index contributed by atoms with van der Waals surface area (Å²) >= 11 is 5.86. The van der Waals surface area contributed by atoms with Crippen LogP contribution in [0.5, 0.6) is 17.2 Å². The van der Waals surface area contributed by atoms with Crippen molar-refractivity contribution >= 4 is 23.4 Å². The van der Waals surface area contributed by atoms with Crippen LogP contribution >= 0.6 is 11.6 Å². The van der Waals surface area contributed by atoms with Crippen molar-refractivity contribution < 1.29 is 23.8 Å². The number of carbonyl (C=O) groups is 2.